The van der Waals surface area contributed by atoms with Crippen LogP contribution in [0.2, 0.25) is 0 Å². The second-order valence-electron chi connectivity index (χ2n) is 12.4. The highest BCUT2D eigenvalue weighted by Crippen LogP contribution is 2.30. The lowest BCUT2D eigenvalue weighted by Gasteiger charge is -2.28. The quantitative estimate of drug-likeness (QED) is 0.0751. The summed E-state index contributed by atoms with van der Waals surface area (Å²) in [5.41, 5.74) is 3.06. The number of carbonyl (C=O) groups is 2. The largest absolute Gasteiger partial charge is 0.486 e. The minimum atomic E-state index is -1.00. The molecule has 12 nitrogen and oxygen atoms in total. The molecular formula is C40H31ClF6N8O4. The van der Waals surface area contributed by atoms with Gasteiger partial charge in [-0.2, -0.15) is 0 Å². The smallest absolute Gasteiger partial charge is 0.274 e. The predicted molar refractivity (Wildman–Crippen MR) is 205 cm³/mol. The summed E-state index contributed by atoms with van der Waals surface area (Å²) in [5.74, 6) is -6.55. The van der Waals surface area contributed by atoms with Crippen molar-refractivity contribution in [3.8, 4) is 34.0 Å². The van der Waals surface area contributed by atoms with Crippen molar-refractivity contribution in [1.29, 1.82) is 0 Å². The Balaban J connectivity index is 0.000000198. The summed E-state index contributed by atoms with van der Waals surface area (Å²) in [5, 5.41) is 8.18. The lowest BCUT2D eigenvalue weighted by atomic mass is 10.1. The maximum Gasteiger partial charge on any atom is 0.274 e. The van der Waals surface area contributed by atoms with Crippen LogP contribution in [0.15, 0.2) is 97.6 Å². The van der Waals surface area contributed by atoms with Crippen molar-refractivity contribution in [1.82, 2.24) is 25.3 Å². The first kappa shape index (κ1) is 42.0. The van der Waals surface area contributed by atoms with Gasteiger partial charge in [0.15, 0.2) is 0 Å². The van der Waals surface area contributed by atoms with Crippen LogP contribution in [0.25, 0.3) is 22.5 Å². The molecule has 59 heavy (non-hydrogen) atoms. The van der Waals surface area contributed by atoms with Gasteiger partial charge in [-0.05, 0) is 48.5 Å². The van der Waals surface area contributed by atoms with Gasteiger partial charge in [0.05, 0.1) is 29.4 Å². The Bertz CT molecular complexity index is 2440. The maximum atomic E-state index is 14.2. The molecule has 5 N–H and O–H groups in total. The van der Waals surface area contributed by atoms with Crippen molar-refractivity contribution in [3.63, 3.8) is 0 Å². The van der Waals surface area contributed by atoms with E-state index in [9.17, 15) is 35.9 Å². The van der Waals surface area contributed by atoms with Gasteiger partial charge in [-0.15, -0.1) is 11.6 Å². The SMILES string of the molecule is NCC(CCl)Oc1ccncc1NC(=O)c1ccc(F)c(-c2c(F)cccc2F)n1.O=C(Nc1cnccc1OC1CNC1)c1ccc(F)c(-c2c(F)cccc2F)n1. The van der Waals surface area contributed by atoms with Crippen molar-refractivity contribution < 1.29 is 45.4 Å². The lowest BCUT2D eigenvalue weighted by molar-refractivity contribution is 0.101. The first-order chi connectivity index (χ1) is 28.5. The first-order valence-electron chi connectivity index (χ1n) is 17.5. The number of hydrogen-bond acceptors (Lipinski definition) is 10. The number of carbonyl (C=O) groups excluding carboxylic acids is 2. The van der Waals surface area contributed by atoms with E-state index in [1.165, 1.54) is 30.9 Å². The standard InChI is InChI=1S/C20H16ClF3N4O2.C20H15F3N4O2/c21-8-11(9-25)30-17-6-7-26-10-16(17)28-20(29)15-5-4-14(24)19(27-15)18-12(22)2-1-3-13(18)23;21-12-2-1-3-13(22)18(12)19-14(23)4-5-15(26-19)20(28)27-16-10-24-7-6-17(16)29-11-8-25-9-11/h1-7,10-11H,8-9,25H2,(H,28,29);1-7,10-11,25H,8-9H2,(H,27,28). The van der Waals surface area contributed by atoms with Crippen LogP contribution in [0, 0.1) is 34.9 Å². The highest BCUT2D eigenvalue weighted by Gasteiger charge is 2.24. The van der Waals surface area contributed by atoms with Gasteiger partial charge < -0.3 is 31.2 Å². The van der Waals surface area contributed by atoms with E-state index in [1.807, 2.05) is 0 Å². The maximum absolute atomic E-state index is 14.2. The van der Waals surface area contributed by atoms with Crippen molar-refractivity contribution in [3.05, 3.63) is 144 Å². The monoisotopic (exact) mass is 836 g/mol. The molecule has 1 saturated heterocycles. The molecule has 1 unspecified atom stereocenters. The molecule has 0 bridgehead atoms. The van der Waals surface area contributed by atoms with Crippen LogP contribution in [0.3, 0.4) is 0 Å². The molecule has 1 aliphatic rings. The van der Waals surface area contributed by atoms with Crippen LogP contribution >= 0.6 is 11.6 Å². The van der Waals surface area contributed by atoms with Gasteiger partial charge >= 0.3 is 0 Å². The van der Waals surface area contributed by atoms with Crippen molar-refractivity contribution in [2.75, 3.05) is 36.1 Å². The molecular weight excluding hydrogens is 806 g/mol. The third-order valence-corrected chi connectivity index (χ3v) is 8.73. The number of alkyl halides is 1. The zero-order chi connectivity index (χ0) is 42.1. The van der Waals surface area contributed by atoms with E-state index < -0.39 is 75.3 Å². The van der Waals surface area contributed by atoms with Crippen LogP contribution in [-0.2, 0) is 0 Å². The molecule has 2 aromatic carbocycles. The molecule has 2 amide bonds. The second-order valence-corrected chi connectivity index (χ2v) is 12.7. The van der Waals surface area contributed by atoms with E-state index >= 15 is 0 Å². The fourth-order valence-corrected chi connectivity index (χ4v) is 5.50. The van der Waals surface area contributed by atoms with E-state index in [0.717, 1.165) is 60.7 Å². The number of nitrogens with two attached hydrogens (primary N) is 1. The Hall–Kier alpha value is -6.63. The number of anilines is 2. The molecule has 0 radical (unpaired) electrons. The van der Waals surface area contributed by atoms with E-state index in [-0.39, 0.29) is 41.4 Å². The molecule has 1 fully saturated rings. The number of aromatic nitrogens is 4. The molecule has 0 spiro atoms. The van der Waals surface area contributed by atoms with Gasteiger partial charge in [-0.3, -0.25) is 19.6 Å². The molecule has 7 rings (SSSR count). The summed E-state index contributed by atoms with van der Waals surface area (Å²) in [6, 6.07) is 13.4. The highest BCUT2D eigenvalue weighted by atomic mass is 35.5. The minimum Gasteiger partial charge on any atom is -0.486 e. The molecule has 6 aromatic rings. The van der Waals surface area contributed by atoms with Gasteiger partial charge in [-0.25, -0.2) is 36.3 Å². The number of halogens is 7. The van der Waals surface area contributed by atoms with Crippen LogP contribution in [0.1, 0.15) is 21.0 Å². The Morgan fingerprint density at radius 3 is 1.58 bits per heavy atom. The Morgan fingerprint density at radius 2 is 1.15 bits per heavy atom. The molecule has 1 aliphatic heterocycles. The number of amides is 2. The van der Waals surface area contributed by atoms with Crippen LogP contribution in [0.4, 0.5) is 37.7 Å². The summed E-state index contributed by atoms with van der Waals surface area (Å²) in [7, 11) is 0. The van der Waals surface area contributed by atoms with Crippen LogP contribution in [-0.4, -0.2) is 69.5 Å². The molecule has 0 saturated carbocycles. The number of nitrogens with zero attached hydrogens (tertiary/aromatic N) is 4. The van der Waals surface area contributed by atoms with E-state index in [0.29, 0.717) is 24.5 Å². The molecule has 19 heteroatoms. The molecule has 4 aromatic heterocycles. The molecule has 0 aliphatic carbocycles. The number of rotatable bonds is 12. The summed E-state index contributed by atoms with van der Waals surface area (Å²) < 4.78 is 96.0. The number of pyridine rings is 4. The van der Waals surface area contributed by atoms with Crippen molar-refractivity contribution in [2.45, 2.75) is 12.2 Å². The second kappa shape index (κ2) is 19.2. The number of hydrogen-bond donors (Lipinski definition) is 4. The minimum absolute atomic E-state index is 0.0207. The zero-order valence-corrected chi connectivity index (χ0v) is 31.1. The van der Waals surface area contributed by atoms with E-state index in [4.69, 9.17) is 26.8 Å². The summed E-state index contributed by atoms with van der Waals surface area (Å²) in [6.07, 6.45) is 5.18. The third-order valence-electron chi connectivity index (χ3n) is 8.38. The third kappa shape index (κ3) is 10.1. The Morgan fingerprint density at radius 1 is 0.695 bits per heavy atom. The fraction of sp³-hybridized carbons (Fsp3) is 0.150. The fourth-order valence-electron chi connectivity index (χ4n) is 5.31. The highest BCUT2D eigenvalue weighted by molar-refractivity contribution is 6.18. The van der Waals surface area contributed by atoms with Crippen molar-refractivity contribution in [2.24, 2.45) is 5.73 Å². The normalized spacial score (nSPS) is 12.7. The summed E-state index contributed by atoms with van der Waals surface area (Å²) >= 11 is 5.77. The lowest BCUT2D eigenvalue weighted by Crippen LogP contribution is -2.50. The molecule has 5 heterocycles. The predicted octanol–water partition coefficient (Wildman–Crippen LogP) is 6.92. The van der Waals surface area contributed by atoms with Gasteiger partial charge in [-0.1, -0.05) is 12.1 Å². The summed E-state index contributed by atoms with van der Waals surface area (Å²) in [4.78, 5) is 40.8. The number of nitrogens with one attached hydrogen (secondary N) is 3. The Labute approximate surface area is 336 Å². The average molecular weight is 837 g/mol. The van der Waals surface area contributed by atoms with Gasteiger partial charge in [0.2, 0.25) is 0 Å². The topological polar surface area (TPSA) is 166 Å². The van der Waals surface area contributed by atoms with Crippen LogP contribution < -0.4 is 31.2 Å². The van der Waals surface area contributed by atoms with Crippen molar-refractivity contribution >= 4 is 34.8 Å². The molecule has 1 atom stereocenters. The molecule has 304 valence electrons. The van der Waals surface area contributed by atoms with Gasteiger partial charge in [0.1, 0.15) is 92.8 Å². The number of benzene rings is 2. The van der Waals surface area contributed by atoms with Crippen LogP contribution in [0.5, 0.6) is 11.5 Å². The summed E-state index contributed by atoms with van der Waals surface area (Å²) in [6.45, 7) is 1.52. The zero-order valence-electron chi connectivity index (χ0n) is 30.4. The first-order valence-corrected chi connectivity index (χ1v) is 18.0. The van der Waals surface area contributed by atoms with E-state index in [2.05, 4.69) is 35.9 Å². The van der Waals surface area contributed by atoms with Gasteiger partial charge in [0, 0.05) is 44.2 Å². The Kier molecular flexibility index (Phi) is 13.7. The number of ether oxygens (including phenoxy) is 2. The van der Waals surface area contributed by atoms with E-state index in [1.54, 1.807) is 6.07 Å². The average Bonchev–Trinajstić information content (AvgIpc) is 3.20. The van der Waals surface area contributed by atoms with Gasteiger partial charge in [0.25, 0.3) is 11.8 Å².